The van der Waals surface area contributed by atoms with Crippen molar-refractivity contribution in [3.8, 4) is 5.75 Å². The van der Waals surface area contributed by atoms with E-state index < -0.39 is 0 Å². The fraction of sp³-hybridized carbons (Fsp3) is 0.417. The molecule has 1 aromatic carbocycles. The molecule has 0 atom stereocenters. The van der Waals surface area contributed by atoms with Crippen LogP contribution in [0.15, 0.2) is 24.3 Å². The van der Waals surface area contributed by atoms with Gasteiger partial charge in [-0.15, -0.1) is 0 Å². The summed E-state index contributed by atoms with van der Waals surface area (Å²) in [7, 11) is 0. The van der Waals surface area contributed by atoms with Crippen LogP contribution in [0.5, 0.6) is 5.75 Å². The molecule has 1 aromatic rings. The minimum absolute atomic E-state index is 0.0573. The van der Waals surface area contributed by atoms with Crippen molar-refractivity contribution in [2.45, 2.75) is 20.4 Å². The number of urea groups is 1. The predicted octanol–water partition coefficient (Wildman–Crippen LogP) is 1.94. The maximum atomic E-state index is 11.6. The summed E-state index contributed by atoms with van der Waals surface area (Å²) in [6.07, 6.45) is 0. The van der Waals surface area contributed by atoms with Crippen LogP contribution in [0.25, 0.3) is 0 Å². The van der Waals surface area contributed by atoms with Gasteiger partial charge in [0.1, 0.15) is 5.75 Å². The lowest BCUT2D eigenvalue weighted by Gasteiger charge is -2.21. The molecular weight excluding hydrogens is 204 g/mol. The van der Waals surface area contributed by atoms with Gasteiger partial charge in [-0.2, -0.15) is 0 Å². The van der Waals surface area contributed by atoms with E-state index in [1.807, 2.05) is 26.0 Å². The molecule has 16 heavy (non-hydrogen) atoms. The Kier molecular flexibility index (Phi) is 4.64. The van der Waals surface area contributed by atoms with Crippen LogP contribution in [-0.4, -0.2) is 29.1 Å². The number of amides is 2. The minimum Gasteiger partial charge on any atom is -0.508 e. The van der Waals surface area contributed by atoms with E-state index in [0.29, 0.717) is 19.6 Å². The van der Waals surface area contributed by atoms with E-state index in [4.69, 9.17) is 5.11 Å². The molecule has 1 rings (SSSR count). The molecule has 4 nitrogen and oxygen atoms in total. The molecule has 2 amide bonds. The molecule has 0 unspecified atom stereocenters. The van der Waals surface area contributed by atoms with Crippen molar-refractivity contribution in [1.29, 1.82) is 0 Å². The van der Waals surface area contributed by atoms with Gasteiger partial charge in [-0.05, 0) is 31.5 Å². The Morgan fingerprint density at radius 3 is 2.44 bits per heavy atom. The number of carbonyl (C=O) groups is 1. The smallest absolute Gasteiger partial charge is 0.317 e. The fourth-order valence-corrected chi connectivity index (χ4v) is 1.41. The summed E-state index contributed by atoms with van der Waals surface area (Å²) in [4.78, 5) is 13.3. The third kappa shape index (κ3) is 3.46. The first-order valence-corrected chi connectivity index (χ1v) is 5.48. The third-order valence-corrected chi connectivity index (χ3v) is 2.31. The molecular formula is C12H18N2O2. The lowest BCUT2D eigenvalue weighted by Crippen LogP contribution is -2.39. The molecule has 88 valence electrons. The summed E-state index contributed by atoms with van der Waals surface area (Å²) < 4.78 is 0. The summed E-state index contributed by atoms with van der Waals surface area (Å²) in [5.41, 5.74) is 1.01. The van der Waals surface area contributed by atoms with Gasteiger partial charge < -0.3 is 15.3 Å². The molecule has 4 heteroatoms. The molecule has 0 saturated carbocycles. The van der Waals surface area contributed by atoms with E-state index in [9.17, 15) is 4.79 Å². The molecule has 0 saturated heterocycles. The average molecular weight is 222 g/mol. The first-order valence-electron chi connectivity index (χ1n) is 5.48. The fourth-order valence-electron chi connectivity index (χ4n) is 1.41. The molecule has 0 fully saturated rings. The molecule has 2 N–H and O–H groups in total. The van der Waals surface area contributed by atoms with Gasteiger partial charge in [0.25, 0.3) is 0 Å². The summed E-state index contributed by atoms with van der Waals surface area (Å²) in [5.74, 6) is 0.241. The van der Waals surface area contributed by atoms with Gasteiger partial charge in [0.05, 0.1) is 0 Å². The van der Waals surface area contributed by atoms with Crippen molar-refractivity contribution in [3.05, 3.63) is 29.8 Å². The van der Waals surface area contributed by atoms with Crippen LogP contribution in [0.4, 0.5) is 4.79 Å². The van der Waals surface area contributed by atoms with Crippen LogP contribution >= 0.6 is 0 Å². The monoisotopic (exact) mass is 222 g/mol. The van der Waals surface area contributed by atoms with E-state index in [1.54, 1.807) is 17.0 Å². The highest BCUT2D eigenvalue weighted by Crippen LogP contribution is 2.11. The molecule has 0 aliphatic heterocycles. The third-order valence-electron chi connectivity index (χ3n) is 2.31. The highest BCUT2D eigenvalue weighted by Gasteiger charge is 2.10. The number of hydrogen-bond acceptors (Lipinski definition) is 2. The topological polar surface area (TPSA) is 52.6 Å². The van der Waals surface area contributed by atoms with Gasteiger partial charge in [0, 0.05) is 19.6 Å². The second kappa shape index (κ2) is 6.00. The van der Waals surface area contributed by atoms with Crippen molar-refractivity contribution in [1.82, 2.24) is 10.2 Å². The minimum atomic E-state index is -0.0573. The van der Waals surface area contributed by atoms with E-state index in [-0.39, 0.29) is 11.8 Å². The van der Waals surface area contributed by atoms with Crippen molar-refractivity contribution < 1.29 is 9.90 Å². The van der Waals surface area contributed by atoms with E-state index >= 15 is 0 Å². The van der Waals surface area contributed by atoms with Crippen LogP contribution in [0.2, 0.25) is 0 Å². The van der Waals surface area contributed by atoms with Gasteiger partial charge in [-0.3, -0.25) is 0 Å². The molecule has 0 aliphatic carbocycles. The summed E-state index contributed by atoms with van der Waals surface area (Å²) >= 11 is 0. The largest absolute Gasteiger partial charge is 0.508 e. The normalized spacial score (nSPS) is 9.88. The van der Waals surface area contributed by atoms with Gasteiger partial charge in [-0.1, -0.05) is 12.1 Å². The van der Waals surface area contributed by atoms with Crippen molar-refractivity contribution in [3.63, 3.8) is 0 Å². The number of aromatic hydroxyl groups is 1. The SMILES string of the molecule is CCNC(=O)N(CC)Cc1ccc(O)cc1. The Labute approximate surface area is 95.9 Å². The van der Waals surface area contributed by atoms with E-state index in [0.717, 1.165) is 5.56 Å². The van der Waals surface area contributed by atoms with Crippen LogP contribution in [-0.2, 0) is 6.54 Å². The number of nitrogens with one attached hydrogen (secondary N) is 1. The summed E-state index contributed by atoms with van der Waals surface area (Å²) in [5, 5.41) is 11.9. The van der Waals surface area contributed by atoms with Crippen molar-refractivity contribution in [2.24, 2.45) is 0 Å². The Morgan fingerprint density at radius 2 is 1.94 bits per heavy atom. The number of rotatable bonds is 4. The highest BCUT2D eigenvalue weighted by atomic mass is 16.3. The Hall–Kier alpha value is -1.71. The quantitative estimate of drug-likeness (QED) is 0.818. The molecule has 0 bridgehead atoms. The number of nitrogens with zero attached hydrogens (tertiary/aromatic N) is 1. The van der Waals surface area contributed by atoms with Crippen LogP contribution < -0.4 is 5.32 Å². The average Bonchev–Trinajstić information content (AvgIpc) is 2.28. The lowest BCUT2D eigenvalue weighted by molar-refractivity contribution is 0.198. The van der Waals surface area contributed by atoms with Gasteiger partial charge in [0.15, 0.2) is 0 Å². The van der Waals surface area contributed by atoms with Crippen LogP contribution in [0, 0.1) is 0 Å². The Morgan fingerprint density at radius 1 is 1.31 bits per heavy atom. The molecule has 0 aliphatic rings. The van der Waals surface area contributed by atoms with Gasteiger partial charge >= 0.3 is 6.03 Å². The zero-order valence-corrected chi connectivity index (χ0v) is 9.73. The second-order valence-electron chi connectivity index (χ2n) is 3.52. The number of hydrogen-bond donors (Lipinski definition) is 2. The van der Waals surface area contributed by atoms with Crippen LogP contribution in [0.3, 0.4) is 0 Å². The number of benzene rings is 1. The Balaban J connectivity index is 2.62. The number of phenols is 1. The highest BCUT2D eigenvalue weighted by molar-refractivity contribution is 5.74. The van der Waals surface area contributed by atoms with Gasteiger partial charge in [-0.25, -0.2) is 4.79 Å². The van der Waals surface area contributed by atoms with E-state index in [2.05, 4.69) is 5.32 Å². The number of phenolic OH excluding ortho intramolecular Hbond substituents is 1. The van der Waals surface area contributed by atoms with Crippen molar-refractivity contribution >= 4 is 6.03 Å². The molecule has 0 spiro atoms. The van der Waals surface area contributed by atoms with E-state index in [1.165, 1.54) is 0 Å². The summed E-state index contributed by atoms with van der Waals surface area (Å²) in [6, 6.07) is 6.83. The van der Waals surface area contributed by atoms with Crippen LogP contribution in [0.1, 0.15) is 19.4 Å². The van der Waals surface area contributed by atoms with Gasteiger partial charge in [0.2, 0.25) is 0 Å². The first kappa shape index (κ1) is 12.4. The molecule has 0 heterocycles. The zero-order valence-electron chi connectivity index (χ0n) is 9.73. The second-order valence-corrected chi connectivity index (χ2v) is 3.52. The maximum Gasteiger partial charge on any atom is 0.317 e. The molecule has 0 radical (unpaired) electrons. The predicted molar refractivity (Wildman–Crippen MR) is 63.3 cm³/mol. The van der Waals surface area contributed by atoms with Crippen molar-refractivity contribution in [2.75, 3.05) is 13.1 Å². The Bertz CT molecular complexity index is 335. The standard InChI is InChI=1S/C12H18N2O2/c1-3-13-12(16)14(4-2)9-10-5-7-11(15)8-6-10/h5-8,15H,3-4,9H2,1-2H3,(H,13,16). The summed E-state index contributed by atoms with van der Waals surface area (Å²) in [6.45, 7) is 5.68. The molecule has 0 aromatic heterocycles. The maximum absolute atomic E-state index is 11.6. The zero-order chi connectivity index (χ0) is 12.0. The first-order chi connectivity index (χ1) is 7.67. The number of carbonyl (C=O) groups excluding carboxylic acids is 1. The lowest BCUT2D eigenvalue weighted by atomic mass is 10.2.